The van der Waals surface area contributed by atoms with Gasteiger partial charge in [-0.15, -0.1) is 0 Å². The molecule has 0 spiro atoms. The summed E-state index contributed by atoms with van der Waals surface area (Å²) >= 11 is 0. The molecule has 48 heavy (non-hydrogen) atoms. The van der Waals surface area contributed by atoms with Crippen molar-refractivity contribution in [3.63, 3.8) is 0 Å². The average molecular weight is 674 g/mol. The minimum atomic E-state index is -1.92. The molecular formula is C34H41BN5O7P. The highest BCUT2D eigenvalue weighted by atomic mass is 31.0. The first kappa shape index (κ1) is 33.8. The molecule has 2 N–H and O–H groups in total. The van der Waals surface area contributed by atoms with Crippen LogP contribution in [0.15, 0.2) is 35.1 Å². The van der Waals surface area contributed by atoms with Crippen LogP contribution in [0.4, 0.5) is 0 Å². The van der Waals surface area contributed by atoms with E-state index in [4.69, 9.17) is 14.5 Å². The molecular weight excluding hydrogens is 632 g/mol. The largest absolute Gasteiger partial charge is 0.457 e. The lowest BCUT2D eigenvalue weighted by atomic mass is 9.85. The van der Waals surface area contributed by atoms with E-state index in [0.717, 1.165) is 28.5 Å². The molecule has 2 amide bonds. The van der Waals surface area contributed by atoms with E-state index in [1.54, 1.807) is 39.3 Å². The Bertz CT molecular complexity index is 1900. The quantitative estimate of drug-likeness (QED) is 0.154. The zero-order chi connectivity index (χ0) is 34.5. The number of carbonyl (C=O) groups excluding carboxylic acids is 4. The van der Waals surface area contributed by atoms with Crippen molar-refractivity contribution in [1.82, 2.24) is 24.9 Å². The number of hydrogen-bond acceptors (Lipinski definition) is 9. The Morgan fingerprint density at radius 3 is 2.62 bits per heavy atom. The fraction of sp³-hybridized carbons (Fsp3) is 0.471. The maximum atomic E-state index is 14.1. The van der Waals surface area contributed by atoms with Crippen LogP contribution in [-0.2, 0) is 53.8 Å². The third-order valence-electron chi connectivity index (χ3n) is 9.99. The van der Waals surface area contributed by atoms with E-state index >= 15 is 0 Å². The Hall–Kier alpha value is -4.09. The second-order valence-electron chi connectivity index (χ2n) is 13.1. The van der Waals surface area contributed by atoms with Crippen LogP contribution in [0.25, 0.3) is 22.3 Å². The number of hydrogen-bond donors (Lipinski definition) is 2. The van der Waals surface area contributed by atoms with Gasteiger partial charge in [-0.3, -0.25) is 19.5 Å². The monoisotopic (exact) mass is 673 g/mol. The predicted octanol–water partition coefficient (Wildman–Crippen LogP) is 1.66. The number of benzene rings is 1. The Morgan fingerprint density at radius 1 is 1.19 bits per heavy atom. The van der Waals surface area contributed by atoms with Crippen LogP contribution in [0.1, 0.15) is 69.2 Å². The van der Waals surface area contributed by atoms with E-state index in [-0.39, 0.29) is 35.6 Å². The lowest BCUT2D eigenvalue weighted by Gasteiger charge is -2.37. The molecule has 3 aliphatic rings. The lowest BCUT2D eigenvalue weighted by molar-refractivity contribution is -0.191. The number of nitrogens with one attached hydrogen (secondary N) is 2. The molecule has 14 heteroatoms. The average Bonchev–Trinajstić information content (AvgIpc) is 3.72. The van der Waals surface area contributed by atoms with Crippen molar-refractivity contribution in [3.05, 3.63) is 62.9 Å². The van der Waals surface area contributed by atoms with Crippen molar-refractivity contribution in [2.24, 2.45) is 5.92 Å². The van der Waals surface area contributed by atoms with Crippen molar-refractivity contribution >= 4 is 51.9 Å². The maximum absolute atomic E-state index is 14.1. The molecule has 252 valence electrons. The number of likely N-dealkylation sites (tertiary alicyclic amines) is 1. The normalized spacial score (nSPS) is 20.9. The van der Waals surface area contributed by atoms with Gasteiger partial charge in [0.25, 0.3) is 5.56 Å². The number of fused-ring (bicyclic) bond motifs is 5. The van der Waals surface area contributed by atoms with Gasteiger partial charge in [0.15, 0.2) is 0 Å². The standard InChI is InChI=1S/C34H41BN5O7P/c1-5-18-19-10-7-8-11-23(19)36-27-20(18)15-40-25(27)14-22-21(30(40)42)16-46-33(45)34(22,6-2)47-32(44)26(17(3)4)37-29(41)24-12-9-13-39(24)31(43)28(35)38-48/h7-8,10-11,14,17,24,26,28,38H,5-6,9,12-13,15-16,35,48H2,1-4H3,(H,37,41). The summed E-state index contributed by atoms with van der Waals surface area (Å²) in [6.07, 6.45) is 1.85. The Morgan fingerprint density at radius 2 is 1.94 bits per heavy atom. The molecule has 1 fully saturated rings. The van der Waals surface area contributed by atoms with Crippen molar-refractivity contribution in [3.8, 4) is 11.4 Å². The molecule has 1 saturated heterocycles. The van der Waals surface area contributed by atoms with Gasteiger partial charge in [0, 0.05) is 23.1 Å². The number of nitrogens with zero attached hydrogens (tertiary/aromatic N) is 3. The third kappa shape index (κ3) is 5.41. The van der Waals surface area contributed by atoms with E-state index in [1.807, 2.05) is 24.3 Å². The molecule has 2 aromatic heterocycles. The minimum Gasteiger partial charge on any atom is -0.457 e. The van der Waals surface area contributed by atoms with Crippen LogP contribution in [0, 0.1) is 5.92 Å². The first-order valence-corrected chi connectivity index (χ1v) is 17.2. The number of amides is 2. The van der Waals surface area contributed by atoms with Crippen LogP contribution in [0.3, 0.4) is 0 Å². The van der Waals surface area contributed by atoms with Crippen molar-refractivity contribution in [1.29, 1.82) is 0 Å². The number of cyclic esters (lactones) is 1. The van der Waals surface area contributed by atoms with Gasteiger partial charge in [0.05, 0.1) is 35.0 Å². The molecule has 3 aromatic rings. The Labute approximate surface area is 282 Å². The van der Waals surface area contributed by atoms with Crippen LogP contribution in [-0.4, -0.2) is 70.6 Å². The summed E-state index contributed by atoms with van der Waals surface area (Å²) in [5.74, 6) is -3.23. The summed E-state index contributed by atoms with van der Waals surface area (Å²) in [7, 11) is 4.02. The first-order valence-electron chi connectivity index (χ1n) is 16.6. The van der Waals surface area contributed by atoms with Gasteiger partial charge in [-0.2, -0.15) is 0 Å². The molecule has 12 nitrogen and oxygen atoms in total. The van der Waals surface area contributed by atoms with Gasteiger partial charge < -0.3 is 24.3 Å². The number of para-hydroxylation sites is 1. The predicted molar refractivity (Wildman–Crippen MR) is 184 cm³/mol. The maximum Gasteiger partial charge on any atom is 0.355 e. The van der Waals surface area contributed by atoms with Crippen LogP contribution in [0.2, 0.25) is 0 Å². The highest BCUT2D eigenvalue weighted by molar-refractivity contribution is 7.14. The van der Waals surface area contributed by atoms with E-state index < -0.39 is 47.4 Å². The summed E-state index contributed by atoms with van der Waals surface area (Å²) < 4.78 is 13.3. The number of pyridine rings is 2. The van der Waals surface area contributed by atoms with E-state index in [0.29, 0.717) is 37.3 Å². The second kappa shape index (κ2) is 13.1. The molecule has 5 unspecified atom stereocenters. The number of rotatable bonds is 9. The molecule has 0 radical (unpaired) electrons. The van der Waals surface area contributed by atoms with Gasteiger partial charge in [-0.05, 0) is 49.3 Å². The molecule has 0 saturated carbocycles. The van der Waals surface area contributed by atoms with Crippen molar-refractivity contribution in [2.45, 2.75) is 90.2 Å². The van der Waals surface area contributed by atoms with Crippen LogP contribution >= 0.6 is 9.39 Å². The van der Waals surface area contributed by atoms with Crippen LogP contribution < -0.4 is 16.0 Å². The summed E-state index contributed by atoms with van der Waals surface area (Å²) in [5.41, 5.74) is 2.33. The number of ether oxygens (including phenoxy) is 2. The first-order chi connectivity index (χ1) is 23.0. The lowest BCUT2D eigenvalue weighted by Crippen LogP contribution is -2.56. The van der Waals surface area contributed by atoms with Crippen molar-refractivity contribution < 1.29 is 28.7 Å². The van der Waals surface area contributed by atoms with Gasteiger partial charge in [0.1, 0.15) is 26.5 Å². The summed E-state index contributed by atoms with van der Waals surface area (Å²) in [6, 6.07) is 7.72. The summed E-state index contributed by atoms with van der Waals surface area (Å²) in [4.78, 5) is 74.7. The van der Waals surface area contributed by atoms with Crippen molar-refractivity contribution in [2.75, 3.05) is 6.54 Å². The Balaban J connectivity index is 1.36. The Kier molecular flexibility index (Phi) is 9.21. The van der Waals surface area contributed by atoms with Crippen LogP contribution in [0.5, 0.6) is 0 Å². The number of aromatic nitrogens is 2. The fourth-order valence-electron chi connectivity index (χ4n) is 7.28. The SMILES string of the molecule is BC(NP)C(=O)N1CCCC1C(=O)NC(C(=O)OC1(CC)C(=O)OCc2c1cc1n(c2=O)Cc2c-1nc1ccccc1c2CC)C(C)C. The minimum absolute atomic E-state index is 0.00470. The molecule has 1 aromatic carbocycles. The number of carbonyl (C=O) groups is 4. The number of esters is 2. The summed E-state index contributed by atoms with van der Waals surface area (Å²) in [5, 5.41) is 6.67. The van der Waals surface area contributed by atoms with Gasteiger partial charge in [-0.25, -0.2) is 14.6 Å². The molecule has 6 rings (SSSR count). The van der Waals surface area contributed by atoms with Gasteiger partial charge in [-0.1, -0.05) is 55.3 Å². The molecule has 5 atom stereocenters. The number of aryl methyl sites for hydroxylation is 1. The third-order valence-corrected chi connectivity index (χ3v) is 10.5. The highest BCUT2D eigenvalue weighted by Gasteiger charge is 2.52. The zero-order valence-corrected chi connectivity index (χ0v) is 29.1. The zero-order valence-electron chi connectivity index (χ0n) is 27.9. The molecule has 0 aliphatic carbocycles. The summed E-state index contributed by atoms with van der Waals surface area (Å²) in [6.45, 7) is 7.79. The smallest absolute Gasteiger partial charge is 0.355 e. The second-order valence-corrected chi connectivity index (χ2v) is 13.4. The van der Waals surface area contributed by atoms with Gasteiger partial charge >= 0.3 is 11.9 Å². The highest BCUT2D eigenvalue weighted by Crippen LogP contribution is 2.42. The van der Waals surface area contributed by atoms with Gasteiger partial charge in [0.2, 0.25) is 17.4 Å². The van der Waals surface area contributed by atoms with E-state index in [2.05, 4.69) is 26.7 Å². The molecule has 0 bridgehead atoms. The molecule has 5 heterocycles. The fourth-order valence-corrected chi connectivity index (χ4v) is 7.42. The van der Waals surface area contributed by atoms with E-state index in [9.17, 15) is 24.0 Å². The topological polar surface area (TPSA) is 149 Å². The molecule has 3 aliphatic heterocycles. The van der Waals surface area contributed by atoms with E-state index in [1.165, 1.54) is 4.90 Å².